The molecule has 0 radical (unpaired) electrons. The molecule has 2 aliphatic rings. The third-order valence-electron chi connectivity index (χ3n) is 5.73. The van der Waals surface area contributed by atoms with Gasteiger partial charge in [-0.15, -0.1) is 24.0 Å². The third kappa shape index (κ3) is 8.32. The van der Waals surface area contributed by atoms with Crippen molar-refractivity contribution in [1.82, 2.24) is 15.5 Å². The molecule has 1 saturated carbocycles. The van der Waals surface area contributed by atoms with E-state index in [4.69, 9.17) is 9.73 Å². The molecule has 1 aromatic carbocycles. The summed E-state index contributed by atoms with van der Waals surface area (Å²) in [7, 11) is 0. The molecule has 1 aliphatic carbocycles. The average molecular weight is 514 g/mol. The number of piperidine rings is 1. The predicted octanol–water partition coefficient (Wildman–Crippen LogP) is 4.27. The molecule has 5 nitrogen and oxygen atoms in total. The van der Waals surface area contributed by atoms with Crippen molar-refractivity contribution in [1.29, 1.82) is 0 Å². The fraction of sp³-hybridized carbons (Fsp3) is 0.696. The van der Waals surface area contributed by atoms with Crippen molar-refractivity contribution in [2.45, 2.75) is 59.0 Å². The Balaban J connectivity index is 0.00000300. The smallest absolute Gasteiger partial charge is 0.191 e. The summed E-state index contributed by atoms with van der Waals surface area (Å²) in [6.45, 7) is 12.5. The second-order valence-electron chi connectivity index (χ2n) is 8.54. The second-order valence-corrected chi connectivity index (χ2v) is 8.54. The molecule has 0 bridgehead atoms. The highest BCUT2D eigenvalue weighted by atomic mass is 127. The molecule has 0 spiro atoms. The van der Waals surface area contributed by atoms with Gasteiger partial charge in [-0.3, -0.25) is 0 Å². The molecule has 0 aromatic heterocycles. The summed E-state index contributed by atoms with van der Waals surface area (Å²) in [6, 6.07) is 8.93. The lowest BCUT2D eigenvalue weighted by molar-refractivity contribution is 0.141. The van der Waals surface area contributed by atoms with Crippen LogP contribution in [0.1, 0.15) is 52.0 Å². The van der Waals surface area contributed by atoms with Gasteiger partial charge in [-0.05, 0) is 70.9 Å². The fourth-order valence-electron chi connectivity index (χ4n) is 3.75. The molecule has 1 heterocycles. The lowest BCUT2D eigenvalue weighted by Crippen LogP contribution is -2.46. The number of nitrogens with zero attached hydrogens (tertiary/aromatic N) is 2. The SMILES string of the molecule is CCNC(=NCc1ccccc1OCC1CC1)NCC1CCCN(C(C)C)C1.I. The third-order valence-corrected chi connectivity index (χ3v) is 5.73. The zero-order valence-corrected chi connectivity index (χ0v) is 20.7. The van der Waals surface area contributed by atoms with Crippen LogP contribution in [0.4, 0.5) is 0 Å². The Morgan fingerprint density at radius 2 is 1.97 bits per heavy atom. The van der Waals surface area contributed by atoms with Gasteiger partial charge < -0.3 is 20.3 Å². The summed E-state index contributed by atoms with van der Waals surface area (Å²) in [5, 5.41) is 6.96. The second kappa shape index (κ2) is 12.6. The molecule has 1 unspecified atom stereocenters. The average Bonchev–Trinajstić information content (AvgIpc) is 3.54. The molecule has 1 aliphatic heterocycles. The summed E-state index contributed by atoms with van der Waals surface area (Å²) in [5.74, 6) is 3.33. The van der Waals surface area contributed by atoms with Crippen LogP contribution in [0.2, 0.25) is 0 Å². The molecule has 164 valence electrons. The molecule has 2 N–H and O–H groups in total. The van der Waals surface area contributed by atoms with Crippen LogP contribution in [0.25, 0.3) is 0 Å². The first-order valence-corrected chi connectivity index (χ1v) is 11.1. The lowest BCUT2D eigenvalue weighted by Gasteiger charge is -2.35. The van der Waals surface area contributed by atoms with Crippen LogP contribution in [0.15, 0.2) is 29.3 Å². The standard InChI is InChI=1S/C23H38N4O.HI/c1-4-24-23(25-14-20-8-7-13-27(16-20)18(2)3)26-15-21-9-5-6-10-22(21)28-17-19-11-12-19;/h5-6,9-10,18-20H,4,7-8,11-17H2,1-3H3,(H2,24,25,26);1H. The van der Waals surface area contributed by atoms with Crippen LogP contribution in [-0.2, 0) is 6.54 Å². The maximum atomic E-state index is 6.03. The first-order chi connectivity index (χ1) is 13.7. The van der Waals surface area contributed by atoms with E-state index in [-0.39, 0.29) is 24.0 Å². The van der Waals surface area contributed by atoms with Gasteiger partial charge in [0.2, 0.25) is 0 Å². The van der Waals surface area contributed by atoms with Crippen LogP contribution in [0.3, 0.4) is 0 Å². The predicted molar refractivity (Wildman–Crippen MR) is 132 cm³/mol. The summed E-state index contributed by atoms with van der Waals surface area (Å²) in [6.07, 6.45) is 5.21. The summed E-state index contributed by atoms with van der Waals surface area (Å²) < 4.78 is 6.03. The summed E-state index contributed by atoms with van der Waals surface area (Å²) in [5.41, 5.74) is 1.16. The number of likely N-dealkylation sites (tertiary alicyclic amines) is 1. The van der Waals surface area contributed by atoms with Crippen LogP contribution in [0, 0.1) is 11.8 Å². The topological polar surface area (TPSA) is 48.9 Å². The van der Waals surface area contributed by atoms with Crippen molar-refractivity contribution in [2.75, 3.05) is 32.8 Å². The van der Waals surface area contributed by atoms with Crippen LogP contribution >= 0.6 is 24.0 Å². The molecule has 1 aromatic rings. The molecule has 2 fully saturated rings. The Hall–Kier alpha value is -1.02. The maximum Gasteiger partial charge on any atom is 0.191 e. The zero-order chi connectivity index (χ0) is 19.8. The quantitative estimate of drug-likeness (QED) is 0.294. The van der Waals surface area contributed by atoms with Crippen molar-refractivity contribution in [3.8, 4) is 5.75 Å². The summed E-state index contributed by atoms with van der Waals surface area (Å²) >= 11 is 0. The number of hydrogen-bond acceptors (Lipinski definition) is 3. The fourth-order valence-corrected chi connectivity index (χ4v) is 3.75. The van der Waals surface area contributed by atoms with E-state index in [1.54, 1.807) is 0 Å². The van der Waals surface area contributed by atoms with Gasteiger partial charge in [0.25, 0.3) is 0 Å². The van der Waals surface area contributed by atoms with E-state index in [2.05, 4.69) is 54.5 Å². The Morgan fingerprint density at radius 1 is 1.17 bits per heavy atom. The van der Waals surface area contributed by atoms with Crippen molar-refractivity contribution in [3.63, 3.8) is 0 Å². The number of ether oxygens (including phenoxy) is 1. The van der Waals surface area contributed by atoms with Crippen LogP contribution in [-0.4, -0.2) is 49.7 Å². The number of para-hydroxylation sites is 1. The van der Waals surface area contributed by atoms with Gasteiger partial charge in [-0.25, -0.2) is 4.99 Å². The molecular formula is C23H39IN4O. The van der Waals surface area contributed by atoms with Gasteiger partial charge in [0, 0.05) is 31.2 Å². The highest BCUT2D eigenvalue weighted by Crippen LogP contribution is 2.30. The number of aliphatic imine (C=N–C) groups is 1. The number of guanidine groups is 1. The van der Waals surface area contributed by atoms with E-state index in [1.807, 2.05) is 6.07 Å². The number of benzene rings is 1. The number of rotatable bonds is 9. The normalized spacial score (nSPS) is 20.3. The van der Waals surface area contributed by atoms with E-state index in [9.17, 15) is 0 Å². The van der Waals surface area contributed by atoms with Gasteiger partial charge in [-0.2, -0.15) is 0 Å². The van der Waals surface area contributed by atoms with Crippen molar-refractivity contribution in [2.24, 2.45) is 16.8 Å². The first-order valence-electron chi connectivity index (χ1n) is 11.1. The van der Waals surface area contributed by atoms with Gasteiger partial charge in [0.1, 0.15) is 5.75 Å². The minimum Gasteiger partial charge on any atom is -0.493 e. The Kier molecular flexibility index (Phi) is 10.6. The van der Waals surface area contributed by atoms with Crippen molar-refractivity contribution in [3.05, 3.63) is 29.8 Å². The van der Waals surface area contributed by atoms with E-state index in [1.165, 1.54) is 38.8 Å². The van der Waals surface area contributed by atoms with Gasteiger partial charge in [-0.1, -0.05) is 18.2 Å². The largest absolute Gasteiger partial charge is 0.493 e. The molecule has 29 heavy (non-hydrogen) atoms. The molecule has 3 rings (SSSR count). The van der Waals surface area contributed by atoms with Crippen LogP contribution in [0.5, 0.6) is 5.75 Å². The molecule has 6 heteroatoms. The number of nitrogens with one attached hydrogen (secondary N) is 2. The first kappa shape index (κ1) is 24.3. The Morgan fingerprint density at radius 3 is 2.69 bits per heavy atom. The minimum absolute atomic E-state index is 0. The monoisotopic (exact) mass is 514 g/mol. The minimum atomic E-state index is 0. The van der Waals surface area contributed by atoms with E-state index in [0.717, 1.165) is 42.9 Å². The van der Waals surface area contributed by atoms with E-state index in [0.29, 0.717) is 18.5 Å². The summed E-state index contributed by atoms with van der Waals surface area (Å²) in [4.78, 5) is 7.42. The maximum absolute atomic E-state index is 6.03. The highest BCUT2D eigenvalue weighted by Gasteiger charge is 2.23. The van der Waals surface area contributed by atoms with Crippen molar-refractivity contribution < 1.29 is 4.74 Å². The molecule has 1 atom stereocenters. The lowest BCUT2D eigenvalue weighted by atomic mass is 9.97. The zero-order valence-electron chi connectivity index (χ0n) is 18.3. The Labute approximate surface area is 194 Å². The van der Waals surface area contributed by atoms with Gasteiger partial charge >= 0.3 is 0 Å². The molecule has 0 amide bonds. The molecular weight excluding hydrogens is 475 g/mol. The van der Waals surface area contributed by atoms with E-state index < -0.39 is 0 Å². The Bertz CT molecular complexity index is 633. The van der Waals surface area contributed by atoms with Gasteiger partial charge in [0.15, 0.2) is 5.96 Å². The van der Waals surface area contributed by atoms with Gasteiger partial charge in [0.05, 0.1) is 13.2 Å². The van der Waals surface area contributed by atoms with E-state index >= 15 is 0 Å². The highest BCUT2D eigenvalue weighted by molar-refractivity contribution is 14.0. The van der Waals surface area contributed by atoms with Crippen LogP contribution < -0.4 is 15.4 Å². The van der Waals surface area contributed by atoms with Crippen molar-refractivity contribution >= 4 is 29.9 Å². The number of halogens is 1. The molecule has 1 saturated heterocycles. The number of hydrogen-bond donors (Lipinski definition) is 2.